The maximum Gasteiger partial charge on any atom is 0.0798 e. The third-order valence-electron chi connectivity index (χ3n) is 4.83. The van der Waals surface area contributed by atoms with E-state index in [4.69, 9.17) is 10.5 Å². The number of ether oxygens (including phenoxy) is 1. The lowest BCUT2D eigenvalue weighted by Crippen LogP contribution is -2.41. The number of hydrogen-bond acceptors (Lipinski definition) is 5. The second-order valence-electron chi connectivity index (χ2n) is 6.59. The Hall–Kier alpha value is -1.27. The number of likely N-dealkylation sites (tertiary alicyclic amines) is 1. The maximum absolute atomic E-state index is 6.12. The highest BCUT2D eigenvalue weighted by atomic mass is 32.1. The van der Waals surface area contributed by atoms with Gasteiger partial charge >= 0.3 is 0 Å². The Labute approximate surface area is 148 Å². The number of hydrogen-bond donors (Lipinski definition) is 1. The molecule has 130 valence electrons. The second kappa shape index (κ2) is 8.21. The molecule has 2 heterocycles. The SMILES string of the molecule is Cc1ccc(COC2CCN(C(CN)c3scnc3C)CC2)cc1. The Bertz CT molecular complexity index is 632. The van der Waals surface area contributed by atoms with Crippen LogP contribution in [0.25, 0.3) is 0 Å². The van der Waals surface area contributed by atoms with Crippen molar-refractivity contribution in [3.05, 3.63) is 51.5 Å². The van der Waals surface area contributed by atoms with Gasteiger partial charge in [-0.05, 0) is 32.3 Å². The lowest BCUT2D eigenvalue weighted by Gasteiger charge is -2.36. The van der Waals surface area contributed by atoms with Gasteiger partial charge in [-0.3, -0.25) is 4.90 Å². The first-order chi connectivity index (χ1) is 11.7. The van der Waals surface area contributed by atoms with Crippen LogP contribution in [0.1, 0.15) is 40.6 Å². The van der Waals surface area contributed by atoms with E-state index in [2.05, 4.69) is 48.0 Å². The largest absolute Gasteiger partial charge is 0.373 e. The zero-order valence-electron chi connectivity index (χ0n) is 14.6. The fourth-order valence-electron chi connectivity index (χ4n) is 3.31. The molecule has 0 saturated carbocycles. The summed E-state index contributed by atoms with van der Waals surface area (Å²) >= 11 is 1.72. The van der Waals surface area contributed by atoms with Gasteiger partial charge in [0.25, 0.3) is 0 Å². The number of rotatable bonds is 6. The molecule has 0 bridgehead atoms. The number of nitrogens with two attached hydrogens (primary N) is 1. The fourth-order valence-corrected chi connectivity index (χ4v) is 4.26. The number of aryl methyl sites for hydroxylation is 2. The lowest BCUT2D eigenvalue weighted by molar-refractivity contribution is -0.0104. The molecule has 5 heteroatoms. The molecule has 1 fully saturated rings. The van der Waals surface area contributed by atoms with E-state index >= 15 is 0 Å². The van der Waals surface area contributed by atoms with Gasteiger partial charge in [-0.1, -0.05) is 29.8 Å². The number of piperidine rings is 1. The first kappa shape index (κ1) is 17.5. The molecule has 4 nitrogen and oxygen atoms in total. The normalized spacial score (nSPS) is 18.0. The molecular weight excluding hydrogens is 318 g/mol. The zero-order valence-corrected chi connectivity index (χ0v) is 15.4. The molecule has 24 heavy (non-hydrogen) atoms. The Balaban J connectivity index is 1.50. The van der Waals surface area contributed by atoms with Crippen molar-refractivity contribution in [3.8, 4) is 0 Å². The van der Waals surface area contributed by atoms with Crippen molar-refractivity contribution in [2.24, 2.45) is 5.73 Å². The summed E-state index contributed by atoms with van der Waals surface area (Å²) in [6.45, 7) is 7.62. The third kappa shape index (κ3) is 4.22. The minimum absolute atomic E-state index is 0.301. The molecule has 1 unspecified atom stereocenters. The van der Waals surface area contributed by atoms with Gasteiger partial charge in [0, 0.05) is 24.5 Å². The summed E-state index contributed by atoms with van der Waals surface area (Å²) in [6.07, 6.45) is 2.49. The highest BCUT2D eigenvalue weighted by molar-refractivity contribution is 7.09. The van der Waals surface area contributed by atoms with Gasteiger partial charge in [0.1, 0.15) is 0 Å². The van der Waals surface area contributed by atoms with Crippen LogP contribution in [0.4, 0.5) is 0 Å². The van der Waals surface area contributed by atoms with Gasteiger partial charge in [-0.25, -0.2) is 4.98 Å². The number of aromatic nitrogens is 1. The van der Waals surface area contributed by atoms with Gasteiger partial charge < -0.3 is 10.5 Å². The standard InChI is InChI=1S/C19H27N3OS/c1-14-3-5-16(6-4-14)12-23-17-7-9-22(10-8-17)18(11-20)19-15(2)21-13-24-19/h3-6,13,17-18H,7-12,20H2,1-2H3. The van der Waals surface area contributed by atoms with E-state index in [1.807, 2.05) is 5.51 Å². The van der Waals surface area contributed by atoms with Crippen molar-refractivity contribution in [3.63, 3.8) is 0 Å². The Morgan fingerprint density at radius 1 is 1.25 bits per heavy atom. The predicted molar refractivity (Wildman–Crippen MR) is 99.2 cm³/mol. The number of nitrogens with zero attached hydrogens (tertiary/aromatic N) is 2. The molecule has 1 aromatic carbocycles. The monoisotopic (exact) mass is 345 g/mol. The molecule has 0 spiro atoms. The minimum atomic E-state index is 0.301. The molecule has 1 aliphatic rings. The van der Waals surface area contributed by atoms with Crippen LogP contribution < -0.4 is 5.73 Å². The number of thiazole rings is 1. The van der Waals surface area contributed by atoms with E-state index in [1.54, 1.807) is 11.3 Å². The summed E-state index contributed by atoms with van der Waals surface area (Å²) in [4.78, 5) is 8.18. The average Bonchev–Trinajstić information content (AvgIpc) is 3.02. The zero-order chi connectivity index (χ0) is 16.9. The Kier molecular flexibility index (Phi) is 6.00. The summed E-state index contributed by atoms with van der Waals surface area (Å²) in [7, 11) is 0. The van der Waals surface area contributed by atoms with E-state index in [-0.39, 0.29) is 0 Å². The fraction of sp³-hybridized carbons (Fsp3) is 0.526. The smallest absolute Gasteiger partial charge is 0.0798 e. The van der Waals surface area contributed by atoms with Crippen LogP contribution in [0.2, 0.25) is 0 Å². The molecule has 2 aromatic rings. The summed E-state index contributed by atoms with van der Waals surface area (Å²) in [5.74, 6) is 0. The molecule has 3 rings (SSSR count). The van der Waals surface area contributed by atoms with Crippen LogP contribution in [0, 0.1) is 13.8 Å². The molecule has 1 saturated heterocycles. The lowest BCUT2D eigenvalue weighted by atomic mass is 10.0. The van der Waals surface area contributed by atoms with Crippen LogP contribution in [-0.2, 0) is 11.3 Å². The average molecular weight is 346 g/mol. The third-order valence-corrected chi connectivity index (χ3v) is 5.86. The quantitative estimate of drug-likeness (QED) is 0.871. The van der Waals surface area contributed by atoms with Crippen molar-refractivity contribution >= 4 is 11.3 Å². The molecule has 0 radical (unpaired) electrons. The topological polar surface area (TPSA) is 51.4 Å². The highest BCUT2D eigenvalue weighted by Gasteiger charge is 2.27. The minimum Gasteiger partial charge on any atom is -0.373 e. The maximum atomic E-state index is 6.12. The molecule has 2 N–H and O–H groups in total. The molecule has 1 aliphatic heterocycles. The molecular formula is C19H27N3OS. The van der Waals surface area contributed by atoms with E-state index in [1.165, 1.54) is 16.0 Å². The molecule has 0 amide bonds. The van der Waals surface area contributed by atoms with Gasteiger partial charge in [-0.2, -0.15) is 0 Å². The van der Waals surface area contributed by atoms with Crippen molar-refractivity contribution in [2.45, 2.75) is 45.4 Å². The molecule has 1 aromatic heterocycles. The molecule has 1 atom stereocenters. The van der Waals surface area contributed by atoms with Crippen LogP contribution in [-0.4, -0.2) is 35.6 Å². The van der Waals surface area contributed by atoms with Gasteiger partial charge in [0.2, 0.25) is 0 Å². The Morgan fingerprint density at radius 3 is 2.54 bits per heavy atom. The van der Waals surface area contributed by atoms with Gasteiger partial charge in [0.15, 0.2) is 0 Å². The van der Waals surface area contributed by atoms with Crippen molar-refractivity contribution < 1.29 is 4.74 Å². The first-order valence-electron chi connectivity index (χ1n) is 8.68. The predicted octanol–water partition coefficient (Wildman–Crippen LogP) is 3.44. The van der Waals surface area contributed by atoms with Crippen molar-refractivity contribution in [1.29, 1.82) is 0 Å². The highest BCUT2D eigenvalue weighted by Crippen LogP contribution is 2.29. The van der Waals surface area contributed by atoms with Gasteiger partial charge in [-0.15, -0.1) is 11.3 Å². The van der Waals surface area contributed by atoms with E-state index in [0.29, 0.717) is 25.3 Å². The van der Waals surface area contributed by atoms with E-state index in [0.717, 1.165) is 31.6 Å². The van der Waals surface area contributed by atoms with Crippen LogP contribution >= 0.6 is 11.3 Å². The van der Waals surface area contributed by atoms with E-state index < -0.39 is 0 Å². The van der Waals surface area contributed by atoms with E-state index in [9.17, 15) is 0 Å². The summed E-state index contributed by atoms with van der Waals surface area (Å²) < 4.78 is 6.12. The van der Waals surface area contributed by atoms with Crippen LogP contribution in [0.15, 0.2) is 29.8 Å². The first-order valence-corrected chi connectivity index (χ1v) is 9.56. The summed E-state index contributed by atoms with van der Waals surface area (Å²) in [6, 6.07) is 8.90. The van der Waals surface area contributed by atoms with Gasteiger partial charge in [0.05, 0.1) is 30.0 Å². The summed E-state index contributed by atoms with van der Waals surface area (Å²) in [5.41, 5.74) is 11.6. The number of benzene rings is 1. The summed E-state index contributed by atoms with van der Waals surface area (Å²) in [5, 5.41) is 0. The molecule has 0 aliphatic carbocycles. The second-order valence-corrected chi connectivity index (χ2v) is 7.47. The van der Waals surface area contributed by atoms with Crippen LogP contribution in [0.3, 0.4) is 0 Å². The van der Waals surface area contributed by atoms with Crippen molar-refractivity contribution in [1.82, 2.24) is 9.88 Å². The Morgan fingerprint density at radius 2 is 1.96 bits per heavy atom. The van der Waals surface area contributed by atoms with Crippen molar-refractivity contribution in [2.75, 3.05) is 19.6 Å². The van der Waals surface area contributed by atoms with Crippen LogP contribution in [0.5, 0.6) is 0 Å².